The molecule has 0 aliphatic carbocycles. The number of urea groups is 1. The van der Waals surface area contributed by atoms with Gasteiger partial charge < -0.3 is 20.3 Å². The summed E-state index contributed by atoms with van der Waals surface area (Å²) in [7, 11) is 1.32. The molecule has 0 bridgehead atoms. The van der Waals surface area contributed by atoms with Crippen LogP contribution >= 0.6 is 0 Å². The number of H-pyrrole nitrogens is 1. The maximum Gasteiger partial charge on any atom is 0.423 e. The summed E-state index contributed by atoms with van der Waals surface area (Å²) in [5.74, 6) is 0.253. The normalized spacial score (nSPS) is 17.9. The van der Waals surface area contributed by atoms with Crippen molar-refractivity contribution < 1.29 is 23.1 Å². The summed E-state index contributed by atoms with van der Waals surface area (Å²) in [4.78, 5) is 28.4. The quantitative estimate of drug-likeness (QED) is 0.419. The first kappa shape index (κ1) is 21.8. The Labute approximate surface area is 190 Å². The van der Waals surface area contributed by atoms with Crippen molar-refractivity contribution in [2.75, 3.05) is 13.6 Å². The van der Waals surface area contributed by atoms with Crippen molar-refractivity contribution in [1.82, 2.24) is 39.9 Å². The largest absolute Gasteiger partial charge is 0.423 e. The van der Waals surface area contributed by atoms with E-state index in [0.29, 0.717) is 16.7 Å². The van der Waals surface area contributed by atoms with Gasteiger partial charge in [0.1, 0.15) is 5.52 Å². The number of fused-ring (bicyclic) bond motifs is 1. The Morgan fingerprint density at radius 1 is 1.21 bits per heavy atom. The van der Waals surface area contributed by atoms with Crippen molar-refractivity contribution in [2.24, 2.45) is 0 Å². The lowest BCUT2D eigenvalue weighted by Crippen LogP contribution is -2.67. The lowest BCUT2D eigenvalue weighted by atomic mass is 9.79. The average molecular weight is 472 g/mol. The number of aromatic nitrogens is 6. The van der Waals surface area contributed by atoms with Crippen molar-refractivity contribution in [3.8, 4) is 16.9 Å². The van der Waals surface area contributed by atoms with Crippen LogP contribution < -0.4 is 5.32 Å². The molecule has 5 heterocycles. The number of aromatic amines is 1. The van der Waals surface area contributed by atoms with E-state index in [-0.39, 0.29) is 18.8 Å². The van der Waals surface area contributed by atoms with E-state index >= 15 is 0 Å². The molecule has 3 N–H and O–H groups in total. The molecule has 5 rings (SSSR count). The molecule has 0 radical (unpaired) electrons. The molecule has 0 spiro atoms. The minimum Gasteiger partial charge on any atom is -0.375 e. The maximum atomic E-state index is 14.1. The number of aliphatic hydroxyl groups is 1. The number of nitrogens with one attached hydrogen (secondary N) is 2. The molecule has 1 saturated heterocycles. The Morgan fingerprint density at radius 3 is 2.68 bits per heavy atom. The second-order valence-electron chi connectivity index (χ2n) is 7.85. The van der Waals surface area contributed by atoms with Gasteiger partial charge in [0.25, 0.3) is 0 Å². The zero-order valence-corrected chi connectivity index (χ0v) is 17.8. The molecule has 34 heavy (non-hydrogen) atoms. The second-order valence-corrected chi connectivity index (χ2v) is 7.85. The van der Waals surface area contributed by atoms with Crippen molar-refractivity contribution in [2.45, 2.75) is 24.2 Å². The Bertz CT molecular complexity index is 1350. The standard InChI is InChI=1S/C21H19F3N8O2/c1-25-19(33)31-7-5-15(31)20(34,21(22,23)24)13-2-3-16(27-9-13)32-10-12(8-30-32)14-4-6-26-18-17(14)28-11-29-18/h2-4,6,8-11,15,34H,5,7H2,1H3,(H,25,33)(H,26,28,29). The van der Waals surface area contributed by atoms with E-state index in [0.717, 1.165) is 22.7 Å². The molecule has 1 fully saturated rings. The van der Waals surface area contributed by atoms with E-state index in [4.69, 9.17) is 0 Å². The lowest BCUT2D eigenvalue weighted by molar-refractivity contribution is -0.295. The van der Waals surface area contributed by atoms with Gasteiger partial charge in [-0.15, -0.1) is 0 Å². The second kappa shape index (κ2) is 7.80. The van der Waals surface area contributed by atoms with Gasteiger partial charge in [0.15, 0.2) is 11.5 Å². The number of hydrogen-bond acceptors (Lipinski definition) is 6. The van der Waals surface area contributed by atoms with E-state index in [1.54, 1.807) is 24.7 Å². The molecule has 4 aromatic heterocycles. The van der Waals surface area contributed by atoms with Gasteiger partial charge in [0.2, 0.25) is 5.60 Å². The molecule has 2 atom stereocenters. The van der Waals surface area contributed by atoms with Gasteiger partial charge in [0.05, 0.1) is 18.6 Å². The van der Waals surface area contributed by atoms with Crippen LogP contribution in [0.15, 0.2) is 49.3 Å². The van der Waals surface area contributed by atoms with E-state index in [2.05, 4.69) is 30.4 Å². The zero-order valence-electron chi connectivity index (χ0n) is 17.8. The maximum absolute atomic E-state index is 14.1. The number of imidazole rings is 1. The third-order valence-electron chi connectivity index (χ3n) is 6.04. The SMILES string of the molecule is CNC(=O)N1CCC1C(O)(c1ccc(-n2cc(-c3ccnc4[nH]cnc34)cn2)nc1)C(F)(F)F. The highest BCUT2D eigenvalue weighted by Crippen LogP contribution is 2.47. The number of carbonyl (C=O) groups excluding carboxylic acids is 1. The monoisotopic (exact) mass is 472 g/mol. The molecular weight excluding hydrogens is 453 g/mol. The number of amides is 2. The number of carbonyl (C=O) groups is 1. The zero-order chi connectivity index (χ0) is 24.1. The summed E-state index contributed by atoms with van der Waals surface area (Å²) < 4.78 is 43.6. The number of pyridine rings is 2. The highest BCUT2D eigenvalue weighted by molar-refractivity contribution is 5.88. The Hall–Kier alpha value is -4.00. The molecule has 176 valence electrons. The Kier molecular flexibility index (Phi) is 5.01. The highest BCUT2D eigenvalue weighted by atomic mass is 19.4. The summed E-state index contributed by atoms with van der Waals surface area (Å²) in [6.45, 7) is 0.114. The minimum absolute atomic E-state index is 0.00128. The van der Waals surface area contributed by atoms with Crippen LogP contribution in [-0.2, 0) is 5.60 Å². The van der Waals surface area contributed by atoms with Crippen molar-refractivity contribution in [3.05, 3.63) is 54.9 Å². The van der Waals surface area contributed by atoms with Crippen LogP contribution in [0.2, 0.25) is 0 Å². The third kappa shape index (κ3) is 3.27. The van der Waals surface area contributed by atoms with Crippen molar-refractivity contribution in [3.63, 3.8) is 0 Å². The van der Waals surface area contributed by atoms with Gasteiger partial charge in [-0.25, -0.2) is 24.4 Å². The molecule has 1 aliphatic heterocycles. The van der Waals surface area contributed by atoms with Crippen molar-refractivity contribution >= 4 is 17.2 Å². The molecule has 10 nitrogen and oxygen atoms in total. The number of likely N-dealkylation sites (tertiary alicyclic amines) is 1. The lowest BCUT2D eigenvalue weighted by Gasteiger charge is -2.49. The van der Waals surface area contributed by atoms with Gasteiger partial charge in [-0.1, -0.05) is 6.07 Å². The summed E-state index contributed by atoms with van der Waals surface area (Å²) in [6, 6.07) is 2.12. The predicted molar refractivity (Wildman–Crippen MR) is 114 cm³/mol. The number of rotatable bonds is 4. The van der Waals surface area contributed by atoms with Gasteiger partial charge in [-0.05, 0) is 18.6 Å². The first-order chi connectivity index (χ1) is 16.2. The summed E-state index contributed by atoms with van der Waals surface area (Å²) in [5, 5.41) is 17.4. The van der Waals surface area contributed by atoms with E-state index in [9.17, 15) is 23.1 Å². The molecule has 13 heteroatoms. The molecule has 2 amide bonds. The fraction of sp³-hybridized carbons (Fsp3) is 0.286. The summed E-state index contributed by atoms with van der Waals surface area (Å²) in [5.41, 5.74) is -0.959. The highest BCUT2D eigenvalue weighted by Gasteiger charge is 2.64. The van der Waals surface area contributed by atoms with Gasteiger partial charge in [0, 0.05) is 48.9 Å². The molecule has 0 aromatic carbocycles. The molecular formula is C21H19F3N8O2. The number of alkyl halides is 3. The summed E-state index contributed by atoms with van der Waals surface area (Å²) >= 11 is 0. The van der Waals surface area contributed by atoms with E-state index in [1.165, 1.54) is 24.1 Å². The van der Waals surface area contributed by atoms with E-state index < -0.39 is 29.4 Å². The van der Waals surface area contributed by atoms with Crippen molar-refractivity contribution in [1.29, 1.82) is 0 Å². The van der Waals surface area contributed by atoms with Gasteiger partial charge in [-0.3, -0.25) is 0 Å². The number of halogens is 3. The third-order valence-corrected chi connectivity index (χ3v) is 6.04. The Balaban J connectivity index is 1.46. The Morgan fingerprint density at radius 2 is 2.03 bits per heavy atom. The predicted octanol–water partition coefficient (Wildman–Crippen LogP) is 2.37. The number of nitrogens with zero attached hydrogens (tertiary/aromatic N) is 6. The molecule has 2 unspecified atom stereocenters. The fourth-order valence-electron chi connectivity index (χ4n) is 4.17. The topological polar surface area (TPSA) is 125 Å². The molecule has 0 saturated carbocycles. The van der Waals surface area contributed by atoms with Crippen LogP contribution in [0.4, 0.5) is 18.0 Å². The summed E-state index contributed by atoms with van der Waals surface area (Å²) in [6.07, 6.45) is 2.34. The average Bonchev–Trinajstić information content (AvgIpc) is 3.47. The first-order valence-corrected chi connectivity index (χ1v) is 10.3. The smallest absolute Gasteiger partial charge is 0.375 e. The van der Waals surface area contributed by atoms with Crippen LogP contribution in [0.1, 0.15) is 12.0 Å². The fourth-order valence-corrected chi connectivity index (χ4v) is 4.17. The van der Waals surface area contributed by atoms with Crippen LogP contribution in [0.25, 0.3) is 28.1 Å². The molecule has 4 aromatic rings. The van der Waals surface area contributed by atoms with E-state index in [1.807, 2.05) is 0 Å². The number of hydrogen-bond donors (Lipinski definition) is 3. The van der Waals surface area contributed by atoms with Crippen LogP contribution in [0.5, 0.6) is 0 Å². The van der Waals surface area contributed by atoms with Crippen LogP contribution in [0, 0.1) is 0 Å². The molecule has 1 aliphatic rings. The first-order valence-electron chi connectivity index (χ1n) is 10.3. The minimum atomic E-state index is -5.03. The van der Waals surface area contributed by atoms with Gasteiger partial charge >= 0.3 is 12.2 Å². The van der Waals surface area contributed by atoms with Gasteiger partial charge in [-0.2, -0.15) is 18.3 Å². The van der Waals surface area contributed by atoms with Crippen LogP contribution in [-0.4, -0.2) is 71.6 Å². The van der Waals surface area contributed by atoms with Crippen LogP contribution in [0.3, 0.4) is 0 Å².